The predicted octanol–water partition coefficient (Wildman–Crippen LogP) is 2.94. The summed E-state index contributed by atoms with van der Waals surface area (Å²) in [6.45, 7) is 1.40. The van der Waals surface area contributed by atoms with E-state index in [0.29, 0.717) is 0 Å². The lowest BCUT2D eigenvalue weighted by molar-refractivity contribution is 0.548. The number of hydrogen-bond acceptors (Lipinski definition) is 2. The first-order valence-electron chi connectivity index (χ1n) is 3.23. The van der Waals surface area contributed by atoms with Crippen LogP contribution in [0.2, 0.25) is 0 Å². The van der Waals surface area contributed by atoms with E-state index in [1.165, 1.54) is 6.92 Å². The summed E-state index contributed by atoms with van der Waals surface area (Å²) in [7, 11) is 0. The van der Waals surface area contributed by atoms with Gasteiger partial charge in [-0.25, -0.2) is 4.39 Å². The van der Waals surface area contributed by atoms with E-state index < -0.39 is 11.4 Å². The molecular formula is C7H4Cl3FN2. The van der Waals surface area contributed by atoms with Crippen LogP contribution in [0.5, 0.6) is 0 Å². The molecule has 0 aromatic carbocycles. The van der Waals surface area contributed by atoms with Gasteiger partial charge in [0.2, 0.25) is 0 Å². The summed E-state index contributed by atoms with van der Waals surface area (Å²) in [4.78, 5) is 0. The molecular weight excluding hydrogens is 237 g/mol. The van der Waals surface area contributed by atoms with E-state index in [0.717, 1.165) is 0 Å². The Bertz CT molecular complexity index is 355. The number of nitrogens with one attached hydrogen (secondary N) is 1. The molecule has 0 saturated carbocycles. The lowest BCUT2D eigenvalue weighted by atomic mass is 10.0. The van der Waals surface area contributed by atoms with Gasteiger partial charge in [-0.15, -0.1) is 0 Å². The van der Waals surface area contributed by atoms with Crippen LogP contribution in [-0.2, 0) is 0 Å². The Morgan fingerprint density at radius 1 is 1.46 bits per heavy atom. The maximum Gasteiger partial charge on any atom is 0.162 e. The molecule has 0 aromatic rings. The number of allylic oxidation sites excluding steroid dienone is 2. The molecule has 0 saturated heterocycles. The fourth-order valence-corrected chi connectivity index (χ4v) is 1.46. The first kappa shape index (κ1) is 10.6. The van der Waals surface area contributed by atoms with Crippen LogP contribution in [0.25, 0.3) is 0 Å². The van der Waals surface area contributed by atoms with Crippen molar-refractivity contribution in [2.24, 2.45) is 0 Å². The normalized spacial score (nSPS) is 28.6. The quantitative estimate of drug-likeness (QED) is 0.662. The topological polar surface area (TPSA) is 35.8 Å². The molecule has 1 rings (SSSR count). The summed E-state index contributed by atoms with van der Waals surface area (Å²) in [5.74, 6) is -0.865. The van der Waals surface area contributed by atoms with Crippen molar-refractivity contribution in [1.29, 1.82) is 5.26 Å². The molecule has 2 nitrogen and oxygen atoms in total. The second kappa shape index (κ2) is 3.38. The number of dihydropyridines is 1. The van der Waals surface area contributed by atoms with Crippen molar-refractivity contribution in [3.8, 4) is 6.07 Å². The third-order valence-electron chi connectivity index (χ3n) is 1.60. The van der Waals surface area contributed by atoms with Crippen molar-refractivity contribution in [2.75, 3.05) is 0 Å². The first-order chi connectivity index (χ1) is 5.92. The average molecular weight is 241 g/mol. The number of nitrogens with zero attached hydrogens (tertiary/aromatic N) is 1. The van der Waals surface area contributed by atoms with Crippen LogP contribution in [0.4, 0.5) is 4.39 Å². The van der Waals surface area contributed by atoms with Gasteiger partial charge in [-0.05, 0) is 6.92 Å². The number of nitriles is 1. The molecule has 1 aliphatic heterocycles. The molecule has 1 aliphatic rings. The van der Waals surface area contributed by atoms with Crippen LogP contribution in [0.15, 0.2) is 21.0 Å². The molecule has 6 heteroatoms. The van der Waals surface area contributed by atoms with Crippen molar-refractivity contribution in [1.82, 2.24) is 5.32 Å². The molecule has 0 aliphatic carbocycles. The van der Waals surface area contributed by atoms with Gasteiger partial charge in [0.05, 0.1) is 11.1 Å². The molecule has 0 amide bonds. The minimum Gasteiger partial charge on any atom is -0.352 e. The van der Waals surface area contributed by atoms with E-state index in [4.69, 9.17) is 40.1 Å². The highest BCUT2D eigenvalue weighted by atomic mass is 35.5. The maximum absolute atomic E-state index is 13.2. The molecule has 1 N–H and O–H groups in total. The lowest BCUT2D eigenvalue weighted by Gasteiger charge is -2.27. The van der Waals surface area contributed by atoms with Gasteiger partial charge in [-0.1, -0.05) is 34.8 Å². The third-order valence-corrected chi connectivity index (χ3v) is 2.88. The van der Waals surface area contributed by atoms with Crippen molar-refractivity contribution in [3.05, 3.63) is 21.0 Å². The molecule has 13 heavy (non-hydrogen) atoms. The summed E-state index contributed by atoms with van der Waals surface area (Å²) in [6, 6.07) is 1.79. The van der Waals surface area contributed by atoms with E-state index in [2.05, 4.69) is 5.32 Å². The fourth-order valence-electron chi connectivity index (χ4n) is 0.818. The molecule has 1 unspecified atom stereocenters. The molecule has 70 valence electrons. The van der Waals surface area contributed by atoms with Crippen molar-refractivity contribution in [2.45, 2.75) is 12.5 Å². The van der Waals surface area contributed by atoms with Gasteiger partial charge < -0.3 is 5.32 Å². The predicted molar refractivity (Wildman–Crippen MR) is 49.9 cm³/mol. The van der Waals surface area contributed by atoms with E-state index in [1.54, 1.807) is 6.07 Å². The van der Waals surface area contributed by atoms with Gasteiger partial charge in [0, 0.05) is 0 Å². The highest BCUT2D eigenvalue weighted by Crippen LogP contribution is 2.37. The molecule has 0 fully saturated rings. The maximum atomic E-state index is 13.2. The largest absolute Gasteiger partial charge is 0.352 e. The zero-order chi connectivity index (χ0) is 10.2. The lowest BCUT2D eigenvalue weighted by Crippen LogP contribution is -2.42. The van der Waals surface area contributed by atoms with Gasteiger partial charge in [-0.2, -0.15) is 5.26 Å². The third kappa shape index (κ3) is 1.62. The van der Waals surface area contributed by atoms with Gasteiger partial charge in [0.25, 0.3) is 0 Å². The van der Waals surface area contributed by atoms with Crippen LogP contribution >= 0.6 is 34.8 Å². The average Bonchev–Trinajstić information content (AvgIpc) is 2.12. The SMILES string of the molecule is CC1(C#N)NC(Cl)=C(Cl)C(F)=C1Cl. The zero-order valence-corrected chi connectivity index (χ0v) is 8.73. The highest BCUT2D eigenvalue weighted by Gasteiger charge is 2.37. The molecule has 1 atom stereocenters. The summed E-state index contributed by atoms with van der Waals surface area (Å²) in [6.07, 6.45) is 0. The first-order valence-corrected chi connectivity index (χ1v) is 4.36. The van der Waals surface area contributed by atoms with Crippen molar-refractivity contribution < 1.29 is 4.39 Å². The Kier molecular flexibility index (Phi) is 2.76. The van der Waals surface area contributed by atoms with Gasteiger partial charge in [-0.3, -0.25) is 0 Å². The fraction of sp³-hybridized carbons (Fsp3) is 0.286. The standard InChI is InChI=1S/C7H4Cl3FN2/c1-7(2-12)5(9)4(11)3(8)6(10)13-7/h13H,1H3. The molecule has 0 radical (unpaired) electrons. The summed E-state index contributed by atoms with van der Waals surface area (Å²) in [5, 5.41) is 10.5. The Balaban J connectivity index is 3.29. The van der Waals surface area contributed by atoms with Crippen molar-refractivity contribution >= 4 is 34.8 Å². The minimum absolute atomic E-state index is 0.118. The van der Waals surface area contributed by atoms with Crippen LogP contribution in [0.1, 0.15) is 6.92 Å². The van der Waals surface area contributed by atoms with Gasteiger partial charge in [0.15, 0.2) is 11.4 Å². The van der Waals surface area contributed by atoms with E-state index in [9.17, 15) is 4.39 Å². The van der Waals surface area contributed by atoms with E-state index >= 15 is 0 Å². The number of halogens is 4. The monoisotopic (exact) mass is 240 g/mol. The van der Waals surface area contributed by atoms with Crippen LogP contribution in [0.3, 0.4) is 0 Å². The molecule has 0 spiro atoms. The van der Waals surface area contributed by atoms with Crippen LogP contribution in [-0.4, -0.2) is 5.54 Å². The van der Waals surface area contributed by atoms with E-state index in [-0.39, 0.29) is 15.2 Å². The van der Waals surface area contributed by atoms with Gasteiger partial charge in [0.1, 0.15) is 10.2 Å². The summed E-state index contributed by atoms with van der Waals surface area (Å²) in [5.41, 5.74) is -1.35. The van der Waals surface area contributed by atoms with Crippen molar-refractivity contribution in [3.63, 3.8) is 0 Å². The number of rotatable bonds is 0. The van der Waals surface area contributed by atoms with E-state index in [1.807, 2.05) is 0 Å². The highest BCUT2D eigenvalue weighted by molar-refractivity contribution is 6.42. The molecule has 1 heterocycles. The van der Waals surface area contributed by atoms with Crippen LogP contribution in [0, 0.1) is 11.3 Å². The Hall–Kier alpha value is -0.430. The second-order valence-corrected chi connectivity index (χ2v) is 3.75. The Morgan fingerprint density at radius 2 is 2.00 bits per heavy atom. The Labute approximate surface area is 89.6 Å². The molecule has 0 aromatic heterocycles. The van der Waals surface area contributed by atoms with Gasteiger partial charge >= 0.3 is 0 Å². The smallest absolute Gasteiger partial charge is 0.162 e. The van der Waals surface area contributed by atoms with Crippen LogP contribution < -0.4 is 5.32 Å². The summed E-state index contributed by atoms with van der Waals surface area (Å²) < 4.78 is 13.2. The zero-order valence-electron chi connectivity index (χ0n) is 6.46. The summed E-state index contributed by atoms with van der Waals surface area (Å²) >= 11 is 16.6. The second-order valence-electron chi connectivity index (χ2n) is 2.62. The number of hydrogen-bond donors (Lipinski definition) is 1. The minimum atomic E-state index is -1.35. The molecule has 0 bridgehead atoms. The Morgan fingerprint density at radius 3 is 2.46 bits per heavy atom.